The van der Waals surface area contributed by atoms with Gasteiger partial charge in [-0.05, 0) is 35.9 Å². The van der Waals surface area contributed by atoms with Crippen LogP contribution in [0.25, 0.3) is 6.08 Å². The van der Waals surface area contributed by atoms with Gasteiger partial charge in [-0.3, -0.25) is 4.79 Å². The summed E-state index contributed by atoms with van der Waals surface area (Å²) in [4.78, 5) is 25.8. The van der Waals surface area contributed by atoms with Crippen molar-refractivity contribution in [2.45, 2.75) is 0 Å². The molecule has 0 saturated heterocycles. The monoisotopic (exact) mass is 289 g/mol. The van der Waals surface area contributed by atoms with Gasteiger partial charge in [0, 0.05) is 17.3 Å². The largest absolute Gasteiger partial charge is 0.454 e. The van der Waals surface area contributed by atoms with Crippen molar-refractivity contribution in [1.82, 2.24) is 4.98 Å². The van der Waals surface area contributed by atoms with Gasteiger partial charge in [0.1, 0.15) is 0 Å². The van der Waals surface area contributed by atoms with Crippen LogP contribution in [-0.2, 0) is 9.53 Å². The maximum Gasteiger partial charge on any atom is 0.331 e. The second kappa shape index (κ2) is 6.73. The fourth-order valence-corrected chi connectivity index (χ4v) is 1.74. The normalized spacial score (nSPS) is 10.7. The highest BCUT2D eigenvalue weighted by atomic mass is 35.5. The number of carbonyl (C=O) groups is 2. The number of aromatic nitrogens is 1. The molecule has 20 heavy (non-hydrogen) atoms. The highest BCUT2D eigenvalue weighted by Gasteiger charge is 2.08. The lowest BCUT2D eigenvalue weighted by atomic mass is 10.2. The fraction of sp³-hybridized carbons (Fsp3) is 0.0667. The van der Waals surface area contributed by atoms with Crippen LogP contribution in [0, 0.1) is 0 Å². The Bertz CT molecular complexity index is 632. The number of carbonyl (C=O) groups excluding carboxylic acids is 2. The minimum atomic E-state index is -0.579. The molecule has 4 nitrogen and oxygen atoms in total. The van der Waals surface area contributed by atoms with E-state index in [4.69, 9.17) is 16.3 Å². The number of nitrogens with one attached hydrogen (secondary N) is 1. The lowest BCUT2D eigenvalue weighted by molar-refractivity contribution is -0.136. The lowest BCUT2D eigenvalue weighted by Crippen LogP contribution is -2.12. The van der Waals surface area contributed by atoms with Gasteiger partial charge in [-0.15, -0.1) is 0 Å². The summed E-state index contributed by atoms with van der Waals surface area (Å²) in [5, 5.41) is 0.586. The molecule has 0 aliphatic heterocycles. The first-order chi connectivity index (χ1) is 9.65. The molecule has 1 aromatic heterocycles. The van der Waals surface area contributed by atoms with Crippen LogP contribution in [-0.4, -0.2) is 23.3 Å². The highest BCUT2D eigenvalue weighted by molar-refractivity contribution is 6.30. The molecule has 2 rings (SSSR count). The lowest BCUT2D eigenvalue weighted by Gasteiger charge is -2.00. The molecule has 0 fully saturated rings. The Hall–Kier alpha value is -2.33. The fourth-order valence-electron chi connectivity index (χ4n) is 1.54. The Morgan fingerprint density at radius 3 is 2.80 bits per heavy atom. The zero-order chi connectivity index (χ0) is 14.4. The van der Waals surface area contributed by atoms with E-state index in [9.17, 15) is 9.59 Å². The van der Waals surface area contributed by atoms with E-state index in [1.807, 2.05) is 0 Å². The van der Waals surface area contributed by atoms with Gasteiger partial charge in [0.25, 0.3) is 0 Å². The van der Waals surface area contributed by atoms with E-state index >= 15 is 0 Å². The van der Waals surface area contributed by atoms with E-state index in [-0.39, 0.29) is 12.4 Å². The van der Waals surface area contributed by atoms with Crippen molar-refractivity contribution in [3.8, 4) is 0 Å². The van der Waals surface area contributed by atoms with Gasteiger partial charge in [0.2, 0.25) is 5.78 Å². The summed E-state index contributed by atoms with van der Waals surface area (Å²) in [6.07, 6.45) is 4.47. The quantitative estimate of drug-likeness (QED) is 0.523. The average Bonchev–Trinajstić information content (AvgIpc) is 2.97. The molecule has 0 spiro atoms. The van der Waals surface area contributed by atoms with E-state index in [1.165, 1.54) is 6.08 Å². The zero-order valence-corrected chi connectivity index (χ0v) is 11.3. The van der Waals surface area contributed by atoms with E-state index in [2.05, 4.69) is 4.98 Å². The second-order valence-electron chi connectivity index (χ2n) is 4.00. The number of rotatable bonds is 5. The number of hydrogen-bond donors (Lipinski definition) is 1. The maximum absolute atomic E-state index is 11.6. The van der Waals surface area contributed by atoms with Crippen molar-refractivity contribution < 1.29 is 14.3 Å². The molecule has 0 amide bonds. The van der Waals surface area contributed by atoms with E-state index in [0.717, 1.165) is 5.56 Å². The van der Waals surface area contributed by atoms with Crippen LogP contribution in [0.2, 0.25) is 5.02 Å². The second-order valence-corrected chi connectivity index (χ2v) is 4.44. The number of halogens is 1. The SMILES string of the molecule is O=C(C=Cc1cccc(Cl)c1)OCC(=O)c1ccc[nH]1. The molecule has 2 aromatic rings. The Labute approximate surface area is 121 Å². The van der Waals surface area contributed by atoms with Crippen LogP contribution in [0.3, 0.4) is 0 Å². The average molecular weight is 290 g/mol. The van der Waals surface area contributed by atoms with Crippen molar-refractivity contribution in [1.29, 1.82) is 0 Å². The number of esters is 1. The first-order valence-corrected chi connectivity index (χ1v) is 6.30. The summed E-state index contributed by atoms with van der Waals surface area (Å²) in [5.41, 5.74) is 1.20. The van der Waals surface area contributed by atoms with Gasteiger partial charge in [-0.25, -0.2) is 4.79 Å². The summed E-state index contributed by atoms with van der Waals surface area (Å²) in [6.45, 7) is -0.292. The topological polar surface area (TPSA) is 59.2 Å². The van der Waals surface area contributed by atoms with Gasteiger partial charge < -0.3 is 9.72 Å². The third-order valence-corrected chi connectivity index (χ3v) is 2.74. The number of Topliss-reactive ketones (excluding diaryl/α,β-unsaturated/α-hetero) is 1. The summed E-state index contributed by atoms with van der Waals surface area (Å²) >= 11 is 5.82. The molecular formula is C15H12ClNO3. The first kappa shape index (κ1) is 14.1. The molecule has 1 aromatic carbocycles. The van der Waals surface area contributed by atoms with Gasteiger partial charge in [-0.1, -0.05) is 23.7 Å². The standard InChI is InChI=1S/C15H12ClNO3/c16-12-4-1-3-11(9-12)6-7-15(19)20-10-14(18)13-5-2-8-17-13/h1-9,17H,10H2. The van der Waals surface area contributed by atoms with Gasteiger partial charge in [-0.2, -0.15) is 0 Å². The van der Waals surface area contributed by atoms with Crippen LogP contribution in [0.5, 0.6) is 0 Å². The first-order valence-electron chi connectivity index (χ1n) is 5.92. The predicted octanol–water partition coefficient (Wildman–Crippen LogP) is 3.11. The summed E-state index contributed by atoms with van der Waals surface area (Å²) in [5.74, 6) is -0.857. The minimum absolute atomic E-state index is 0.278. The Balaban J connectivity index is 1.85. The molecular weight excluding hydrogens is 278 g/mol. The molecule has 5 heteroatoms. The zero-order valence-electron chi connectivity index (χ0n) is 10.5. The van der Waals surface area contributed by atoms with Crippen molar-refractivity contribution >= 4 is 29.4 Å². The van der Waals surface area contributed by atoms with Gasteiger partial charge >= 0.3 is 5.97 Å². The molecule has 0 atom stereocenters. The number of benzene rings is 1. The van der Waals surface area contributed by atoms with E-state index < -0.39 is 5.97 Å². The Morgan fingerprint density at radius 1 is 1.25 bits per heavy atom. The van der Waals surface area contributed by atoms with Crippen molar-refractivity contribution in [3.63, 3.8) is 0 Å². The summed E-state index contributed by atoms with van der Waals surface area (Å²) < 4.78 is 4.85. The number of aromatic amines is 1. The molecule has 0 radical (unpaired) electrons. The van der Waals surface area contributed by atoms with Crippen LogP contribution < -0.4 is 0 Å². The van der Waals surface area contributed by atoms with Crippen LogP contribution >= 0.6 is 11.6 Å². The summed E-state index contributed by atoms with van der Waals surface area (Å²) in [6, 6.07) is 10.4. The van der Waals surface area contributed by atoms with Crippen molar-refractivity contribution in [3.05, 3.63) is 65.0 Å². The number of ketones is 1. The van der Waals surface area contributed by atoms with E-state index in [1.54, 1.807) is 48.7 Å². The van der Waals surface area contributed by atoms with Crippen LogP contribution in [0.15, 0.2) is 48.7 Å². The number of H-pyrrole nitrogens is 1. The molecule has 1 N–H and O–H groups in total. The molecule has 0 saturated carbocycles. The Kier molecular flexibility index (Phi) is 4.74. The Morgan fingerprint density at radius 2 is 2.10 bits per heavy atom. The molecule has 0 unspecified atom stereocenters. The van der Waals surface area contributed by atoms with Crippen molar-refractivity contribution in [2.75, 3.05) is 6.61 Å². The van der Waals surface area contributed by atoms with Gasteiger partial charge in [0.15, 0.2) is 6.61 Å². The number of hydrogen-bond acceptors (Lipinski definition) is 3. The van der Waals surface area contributed by atoms with Crippen molar-refractivity contribution in [2.24, 2.45) is 0 Å². The third kappa shape index (κ3) is 4.10. The number of ether oxygens (including phenoxy) is 1. The summed E-state index contributed by atoms with van der Waals surface area (Å²) in [7, 11) is 0. The molecule has 0 aliphatic carbocycles. The minimum Gasteiger partial charge on any atom is -0.454 e. The molecule has 0 bridgehead atoms. The predicted molar refractivity (Wildman–Crippen MR) is 76.6 cm³/mol. The smallest absolute Gasteiger partial charge is 0.331 e. The third-order valence-electron chi connectivity index (χ3n) is 2.50. The van der Waals surface area contributed by atoms with Gasteiger partial charge in [0.05, 0.1) is 5.69 Å². The molecule has 0 aliphatic rings. The van der Waals surface area contributed by atoms with E-state index in [0.29, 0.717) is 10.7 Å². The molecule has 1 heterocycles. The van der Waals surface area contributed by atoms with Crippen LogP contribution in [0.4, 0.5) is 0 Å². The highest BCUT2D eigenvalue weighted by Crippen LogP contribution is 2.11. The molecule has 102 valence electrons. The maximum atomic E-state index is 11.6. The van der Waals surface area contributed by atoms with Crippen LogP contribution in [0.1, 0.15) is 16.1 Å².